The van der Waals surface area contributed by atoms with Gasteiger partial charge in [-0.1, -0.05) is 23.7 Å². The van der Waals surface area contributed by atoms with Gasteiger partial charge in [-0.05, 0) is 42.8 Å². The minimum absolute atomic E-state index is 0.105. The first-order valence-electron chi connectivity index (χ1n) is 8.16. The zero-order valence-electron chi connectivity index (χ0n) is 13.9. The van der Waals surface area contributed by atoms with Gasteiger partial charge in [-0.3, -0.25) is 9.59 Å². The molecule has 1 saturated heterocycles. The summed E-state index contributed by atoms with van der Waals surface area (Å²) in [6, 6.07) is 13.4. The van der Waals surface area contributed by atoms with Crippen LogP contribution in [-0.4, -0.2) is 30.9 Å². The predicted octanol–water partition coefficient (Wildman–Crippen LogP) is 3.26. The number of rotatable bonds is 5. The first-order valence-corrected chi connectivity index (χ1v) is 8.54. The summed E-state index contributed by atoms with van der Waals surface area (Å²) in [5.74, 6) is -1.02. The van der Waals surface area contributed by atoms with Crippen LogP contribution in [0.3, 0.4) is 0 Å². The van der Waals surface area contributed by atoms with Crippen molar-refractivity contribution in [2.24, 2.45) is 0 Å². The standard InChI is InChI=1S/C19H17ClN2O4/c20-16-5-2-1-4-15(16)19(25)26-12-17(23)21-13-7-9-14(10-8-13)22-11-3-6-18(22)24/h1-2,4-5,7-10H,3,6,11-12H2,(H,21,23). The van der Waals surface area contributed by atoms with E-state index in [0.29, 0.717) is 18.7 Å². The third-order valence-corrected chi connectivity index (χ3v) is 4.29. The molecular formula is C19H17ClN2O4. The van der Waals surface area contributed by atoms with E-state index in [4.69, 9.17) is 16.3 Å². The number of anilines is 2. The Labute approximate surface area is 155 Å². The molecule has 2 aromatic carbocycles. The van der Waals surface area contributed by atoms with Gasteiger partial charge in [0.1, 0.15) is 0 Å². The van der Waals surface area contributed by atoms with Gasteiger partial charge in [0.2, 0.25) is 5.91 Å². The van der Waals surface area contributed by atoms with Crippen LogP contribution in [0.15, 0.2) is 48.5 Å². The Balaban J connectivity index is 1.52. The van der Waals surface area contributed by atoms with E-state index in [1.807, 2.05) is 0 Å². The van der Waals surface area contributed by atoms with Crippen molar-refractivity contribution in [1.82, 2.24) is 0 Å². The lowest BCUT2D eigenvalue weighted by molar-refractivity contribution is -0.119. The Morgan fingerprint density at radius 2 is 1.85 bits per heavy atom. The van der Waals surface area contributed by atoms with Crippen molar-refractivity contribution in [1.29, 1.82) is 0 Å². The summed E-state index contributed by atoms with van der Waals surface area (Å²) < 4.78 is 4.97. The number of carbonyl (C=O) groups is 3. The van der Waals surface area contributed by atoms with Crippen molar-refractivity contribution < 1.29 is 19.1 Å². The third-order valence-electron chi connectivity index (χ3n) is 3.96. The Bertz CT molecular complexity index is 836. The molecule has 0 radical (unpaired) electrons. The van der Waals surface area contributed by atoms with E-state index >= 15 is 0 Å². The van der Waals surface area contributed by atoms with Crippen LogP contribution in [0.2, 0.25) is 5.02 Å². The number of carbonyl (C=O) groups excluding carboxylic acids is 3. The highest BCUT2D eigenvalue weighted by Gasteiger charge is 2.21. The molecule has 134 valence electrons. The molecule has 0 atom stereocenters. The van der Waals surface area contributed by atoms with Gasteiger partial charge in [0.15, 0.2) is 6.61 Å². The summed E-state index contributed by atoms with van der Waals surface area (Å²) in [6.45, 7) is 0.291. The Kier molecular flexibility index (Phi) is 5.53. The molecule has 0 saturated carbocycles. The molecule has 2 amide bonds. The quantitative estimate of drug-likeness (QED) is 0.817. The number of halogens is 1. The van der Waals surface area contributed by atoms with Crippen LogP contribution in [0, 0.1) is 0 Å². The molecule has 26 heavy (non-hydrogen) atoms. The lowest BCUT2D eigenvalue weighted by atomic mass is 10.2. The second-order valence-corrected chi connectivity index (χ2v) is 6.21. The topological polar surface area (TPSA) is 75.7 Å². The highest BCUT2D eigenvalue weighted by Crippen LogP contribution is 2.23. The summed E-state index contributed by atoms with van der Waals surface area (Å²) in [4.78, 5) is 37.3. The normalized spacial score (nSPS) is 13.6. The van der Waals surface area contributed by atoms with Crippen molar-refractivity contribution in [2.75, 3.05) is 23.4 Å². The molecular weight excluding hydrogens is 356 g/mol. The van der Waals surface area contributed by atoms with E-state index < -0.39 is 18.5 Å². The molecule has 0 spiro atoms. The van der Waals surface area contributed by atoms with Gasteiger partial charge in [0, 0.05) is 24.3 Å². The smallest absolute Gasteiger partial charge is 0.340 e. The number of amides is 2. The molecule has 3 rings (SSSR count). The first-order chi connectivity index (χ1) is 12.5. The van der Waals surface area contributed by atoms with E-state index in [0.717, 1.165) is 12.1 Å². The highest BCUT2D eigenvalue weighted by atomic mass is 35.5. The van der Waals surface area contributed by atoms with Crippen molar-refractivity contribution in [3.8, 4) is 0 Å². The summed E-state index contributed by atoms with van der Waals surface area (Å²) in [6.07, 6.45) is 1.42. The molecule has 0 aromatic heterocycles. The molecule has 0 aliphatic carbocycles. The van der Waals surface area contributed by atoms with Crippen LogP contribution < -0.4 is 10.2 Å². The van der Waals surface area contributed by atoms with Gasteiger partial charge in [-0.15, -0.1) is 0 Å². The maximum atomic E-state index is 11.9. The lowest BCUT2D eigenvalue weighted by Gasteiger charge is -2.16. The first kappa shape index (κ1) is 17.9. The Morgan fingerprint density at radius 1 is 1.12 bits per heavy atom. The molecule has 2 aromatic rings. The van der Waals surface area contributed by atoms with Gasteiger partial charge in [0.25, 0.3) is 5.91 Å². The molecule has 6 nitrogen and oxygen atoms in total. The van der Waals surface area contributed by atoms with Gasteiger partial charge in [-0.2, -0.15) is 0 Å². The maximum Gasteiger partial charge on any atom is 0.340 e. The molecule has 0 unspecified atom stereocenters. The van der Waals surface area contributed by atoms with E-state index in [-0.39, 0.29) is 16.5 Å². The van der Waals surface area contributed by atoms with Gasteiger partial charge >= 0.3 is 5.97 Å². The van der Waals surface area contributed by atoms with E-state index in [1.165, 1.54) is 6.07 Å². The summed E-state index contributed by atoms with van der Waals surface area (Å²) in [5, 5.41) is 2.91. The largest absolute Gasteiger partial charge is 0.452 e. The Hall–Kier alpha value is -2.86. The molecule has 1 heterocycles. The summed E-state index contributed by atoms with van der Waals surface area (Å²) in [5.41, 5.74) is 1.57. The average Bonchev–Trinajstić information content (AvgIpc) is 3.07. The van der Waals surface area contributed by atoms with Crippen LogP contribution in [0.1, 0.15) is 23.2 Å². The fourth-order valence-corrected chi connectivity index (χ4v) is 2.89. The van der Waals surface area contributed by atoms with Gasteiger partial charge in [0.05, 0.1) is 10.6 Å². The summed E-state index contributed by atoms with van der Waals surface area (Å²) >= 11 is 5.91. The zero-order chi connectivity index (χ0) is 18.5. The van der Waals surface area contributed by atoms with Crippen LogP contribution in [0.25, 0.3) is 0 Å². The molecule has 0 bridgehead atoms. The van der Waals surface area contributed by atoms with Crippen molar-refractivity contribution in [2.45, 2.75) is 12.8 Å². The molecule has 1 aliphatic heterocycles. The van der Waals surface area contributed by atoms with Gasteiger partial charge < -0.3 is 15.0 Å². The summed E-state index contributed by atoms with van der Waals surface area (Å²) in [7, 11) is 0. The van der Waals surface area contributed by atoms with E-state index in [2.05, 4.69) is 5.32 Å². The fourth-order valence-electron chi connectivity index (χ4n) is 2.68. The number of benzene rings is 2. The number of hydrogen-bond acceptors (Lipinski definition) is 4. The van der Waals surface area contributed by atoms with Crippen LogP contribution in [0.5, 0.6) is 0 Å². The third kappa shape index (κ3) is 4.21. The Morgan fingerprint density at radius 3 is 2.50 bits per heavy atom. The number of esters is 1. The minimum Gasteiger partial charge on any atom is -0.452 e. The van der Waals surface area contributed by atoms with Crippen LogP contribution in [0.4, 0.5) is 11.4 Å². The van der Waals surface area contributed by atoms with Crippen molar-refractivity contribution >= 4 is 40.8 Å². The van der Waals surface area contributed by atoms with Crippen molar-refractivity contribution in [3.63, 3.8) is 0 Å². The van der Waals surface area contributed by atoms with E-state index in [9.17, 15) is 14.4 Å². The number of nitrogens with zero attached hydrogens (tertiary/aromatic N) is 1. The monoisotopic (exact) mass is 372 g/mol. The van der Waals surface area contributed by atoms with Crippen LogP contribution >= 0.6 is 11.6 Å². The highest BCUT2D eigenvalue weighted by molar-refractivity contribution is 6.33. The fraction of sp³-hybridized carbons (Fsp3) is 0.211. The molecule has 7 heteroatoms. The van der Waals surface area contributed by atoms with Crippen LogP contribution in [-0.2, 0) is 14.3 Å². The molecule has 1 aliphatic rings. The minimum atomic E-state index is -0.659. The average molecular weight is 373 g/mol. The van der Waals surface area contributed by atoms with E-state index in [1.54, 1.807) is 47.4 Å². The second-order valence-electron chi connectivity index (χ2n) is 5.80. The zero-order valence-corrected chi connectivity index (χ0v) is 14.7. The van der Waals surface area contributed by atoms with Gasteiger partial charge in [-0.25, -0.2) is 4.79 Å². The molecule has 1 N–H and O–H groups in total. The second kappa shape index (κ2) is 8.01. The number of nitrogens with one attached hydrogen (secondary N) is 1. The maximum absolute atomic E-state index is 11.9. The number of ether oxygens (including phenoxy) is 1. The van der Waals surface area contributed by atoms with Crippen molar-refractivity contribution in [3.05, 3.63) is 59.1 Å². The lowest BCUT2D eigenvalue weighted by Crippen LogP contribution is -2.23. The predicted molar refractivity (Wildman–Crippen MR) is 98.4 cm³/mol. The number of hydrogen-bond donors (Lipinski definition) is 1. The SMILES string of the molecule is O=C(COC(=O)c1ccccc1Cl)Nc1ccc(N2CCCC2=O)cc1. The molecule has 1 fully saturated rings.